The summed E-state index contributed by atoms with van der Waals surface area (Å²) in [5.41, 5.74) is 0.467. The van der Waals surface area contributed by atoms with Gasteiger partial charge in [0, 0.05) is 18.0 Å². The van der Waals surface area contributed by atoms with Crippen LogP contribution in [-0.2, 0) is 4.79 Å². The molecule has 0 aromatic heterocycles. The Hall–Kier alpha value is -1.20. The Balaban J connectivity index is 1.82. The van der Waals surface area contributed by atoms with Crippen molar-refractivity contribution in [1.29, 1.82) is 0 Å². The molecular weight excluding hydrogens is 322 g/mol. The zero-order valence-electron chi connectivity index (χ0n) is 12.3. The first-order chi connectivity index (χ1) is 10.5. The molecule has 1 aliphatic carbocycles. The SMILES string of the molecule is CSc1ccc(Cl)c(C(=O)N2C[C@H](C(=O)O)[C@@H](C3CC3)C2)c1. The zero-order chi connectivity index (χ0) is 15.9. The van der Waals surface area contributed by atoms with Crippen LogP contribution in [0, 0.1) is 17.8 Å². The van der Waals surface area contributed by atoms with E-state index in [1.807, 2.05) is 12.3 Å². The normalized spacial score (nSPS) is 24.5. The maximum absolute atomic E-state index is 12.7. The minimum absolute atomic E-state index is 0.0870. The molecule has 0 bridgehead atoms. The Morgan fingerprint density at radius 2 is 2.05 bits per heavy atom. The summed E-state index contributed by atoms with van der Waals surface area (Å²) >= 11 is 7.71. The van der Waals surface area contributed by atoms with Crippen molar-refractivity contribution in [2.75, 3.05) is 19.3 Å². The van der Waals surface area contributed by atoms with Gasteiger partial charge in [0.25, 0.3) is 5.91 Å². The molecule has 118 valence electrons. The van der Waals surface area contributed by atoms with Crippen LogP contribution in [0.1, 0.15) is 23.2 Å². The fourth-order valence-corrected chi connectivity index (χ4v) is 3.86. The molecule has 1 saturated carbocycles. The lowest BCUT2D eigenvalue weighted by Gasteiger charge is -2.17. The van der Waals surface area contributed by atoms with Crippen LogP contribution < -0.4 is 0 Å². The number of carboxylic acid groups (broad SMARTS) is 1. The molecule has 0 radical (unpaired) electrons. The molecule has 1 N–H and O–H groups in total. The molecule has 1 aromatic carbocycles. The van der Waals surface area contributed by atoms with Crippen LogP contribution in [0.5, 0.6) is 0 Å². The van der Waals surface area contributed by atoms with Crippen molar-refractivity contribution in [1.82, 2.24) is 4.90 Å². The number of rotatable bonds is 4. The number of amides is 1. The Kier molecular flexibility index (Phi) is 4.37. The minimum Gasteiger partial charge on any atom is -0.481 e. The monoisotopic (exact) mass is 339 g/mol. The number of hydrogen-bond acceptors (Lipinski definition) is 3. The topological polar surface area (TPSA) is 57.6 Å². The number of halogens is 1. The third-order valence-corrected chi connectivity index (χ3v) is 5.66. The summed E-state index contributed by atoms with van der Waals surface area (Å²) in [6.07, 6.45) is 4.11. The largest absolute Gasteiger partial charge is 0.481 e. The molecular formula is C16H18ClNO3S. The maximum Gasteiger partial charge on any atom is 0.308 e. The van der Waals surface area contributed by atoms with Crippen molar-refractivity contribution in [2.24, 2.45) is 17.8 Å². The van der Waals surface area contributed by atoms with Gasteiger partial charge < -0.3 is 10.0 Å². The van der Waals surface area contributed by atoms with Crippen molar-refractivity contribution in [3.8, 4) is 0 Å². The van der Waals surface area contributed by atoms with Crippen LogP contribution in [-0.4, -0.2) is 41.2 Å². The van der Waals surface area contributed by atoms with Gasteiger partial charge >= 0.3 is 5.97 Å². The Labute approximate surface area is 138 Å². The van der Waals surface area contributed by atoms with E-state index in [-0.39, 0.29) is 18.4 Å². The van der Waals surface area contributed by atoms with Crippen LogP contribution in [0.15, 0.2) is 23.1 Å². The van der Waals surface area contributed by atoms with Gasteiger partial charge in [0.2, 0.25) is 0 Å². The Morgan fingerprint density at radius 1 is 1.32 bits per heavy atom. The Bertz CT molecular complexity index is 617. The summed E-state index contributed by atoms with van der Waals surface area (Å²) in [5.74, 6) is -0.846. The molecule has 6 heteroatoms. The molecule has 22 heavy (non-hydrogen) atoms. The number of carbonyl (C=O) groups is 2. The van der Waals surface area contributed by atoms with E-state index in [1.54, 1.807) is 28.8 Å². The number of hydrogen-bond donors (Lipinski definition) is 1. The van der Waals surface area contributed by atoms with Gasteiger partial charge in [-0.2, -0.15) is 0 Å². The predicted octanol–water partition coefficient (Wildman–Crippen LogP) is 3.24. The third-order valence-electron chi connectivity index (χ3n) is 4.60. The highest BCUT2D eigenvalue weighted by Gasteiger charge is 2.47. The number of nitrogens with zero attached hydrogens (tertiary/aromatic N) is 1. The predicted molar refractivity (Wildman–Crippen MR) is 86.5 cm³/mol. The average molecular weight is 340 g/mol. The lowest BCUT2D eigenvalue weighted by Crippen LogP contribution is -2.30. The lowest BCUT2D eigenvalue weighted by molar-refractivity contribution is -0.142. The summed E-state index contributed by atoms with van der Waals surface area (Å²) in [5, 5.41) is 9.82. The highest BCUT2D eigenvalue weighted by atomic mass is 35.5. The van der Waals surface area contributed by atoms with Gasteiger partial charge in [-0.15, -0.1) is 11.8 Å². The van der Waals surface area contributed by atoms with E-state index in [2.05, 4.69) is 0 Å². The van der Waals surface area contributed by atoms with E-state index < -0.39 is 11.9 Å². The van der Waals surface area contributed by atoms with E-state index in [4.69, 9.17) is 11.6 Å². The van der Waals surface area contributed by atoms with Gasteiger partial charge in [-0.1, -0.05) is 11.6 Å². The highest BCUT2D eigenvalue weighted by molar-refractivity contribution is 7.98. The van der Waals surface area contributed by atoms with E-state index in [0.717, 1.165) is 17.7 Å². The van der Waals surface area contributed by atoms with Gasteiger partial charge in [0.05, 0.1) is 16.5 Å². The number of carboxylic acids is 1. The molecule has 3 rings (SSSR count). The zero-order valence-corrected chi connectivity index (χ0v) is 13.9. The molecule has 0 spiro atoms. The number of likely N-dealkylation sites (tertiary alicyclic amines) is 1. The summed E-state index contributed by atoms with van der Waals surface area (Å²) in [4.78, 5) is 26.8. The Morgan fingerprint density at radius 3 is 2.64 bits per heavy atom. The summed E-state index contributed by atoms with van der Waals surface area (Å²) in [7, 11) is 0. The van der Waals surface area contributed by atoms with E-state index in [9.17, 15) is 14.7 Å². The molecule has 1 heterocycles. The first kappa shape index (κ1) is 15.7. The smallest absolute Gasteiger partial charge is 0.308 e. The molecule has 4 nitrogen and oxygen atoms in total. The number of carbonyl (C=O) groups excluding carboxylic acids is 1. The second-order valence-electron chi connectivity index (χ2n) is 6.00. The van der Waals surface area contributed by atoms with Gasteiger partial charge in [-0.05, 0) is 49.1 Å². The van der Waals surface area contributed by atoms with Crippen LogP contribution in [0.2, 0.25) is 5.02 Å². The standard InChI is InChI=1S/C16H18ClNO3S/c1-22-10-4-5-14(17)11(6-10)15(19)18-7-12(9-2-3-9)13(8-18)16(20)21/h4-6,9,12-13H,2-3,7-8H2,1H3,(H,20,21)/t12-,13+/m1/s1. The van der Waals surface area contributed by atoms with E-state index >= 15 is 0 Å². The molecule has 1 saturated heterocycles. The van der Waals surface area contributed by atoms with Crippen LogP contribution in [0.3, 0.4) is 0 Å². The van der Waals surface area contributed by atoms with Crippen molar-refractivity contribution in [3.63, 3.8) is 0 Å². The number of benzene rings is 1. The van der Waals surface area contributed by atoms with Gasteiger partial charge in [0.1, 0.15) is 0 Å². The second-order valence-corrected chi connectivity index (χ2v) is 7.29. The second kappa shape index (κ2) is 6.13. The van der Waals surface area contributed by atoms with E-state index in [0.29, 0.717) is 23.0 Å². The molecule has 2 fully saturated rings. The fourth-order valence-electron chi connectivity index (χ4n) is 3.22. The number of aliphatic carboxylic acids is 1. The lowest BCUT2D eigenvalue weighted by atomic mass is 9.92. The molecule has 2 aliphatic rings. The van der Waals surface area contributed by atoms with Crippen molar-refractivity contribution in [2.45, 2.75) is 17.7 Å². The quantitative estimate of drug-likeness (QED) is 0.855. The van der Waals surface area contributed by atoms with Crippen LogP contribution >= 0.6 is 23.4 Å². The first-order valence-electron chi connectivity index (χ1n) is 7.37. The molecule has 1 amide bonds. The summed E-state index contributed by atoms with van der Waals surface area (Å²) in [6, 6.07) is 5.39. The fraction of sp³-hybridized carbons (Fsp3) is 0.500. The first-order valence-corrected chi connectivity index (χ1v) is 8.97. The van der Waals surface area contributed by atoms with E-state index in [1.165, 1.54) is 0 Å². The average Bonchev–Trinajstić information content (AvgIpc) is 3.25. The van der Waals surface area contributed by atoms with Crippen molar-refractivity contribution >= 4 is 35.2 Å². The molecule has 1 aliphatic heterocycles. The van der Waals surface area contributed by atoms with Crippen LogP contribution in [0.4, 0.5) is 0 Å². The maximum atomic E-state index is 12.7. The van der Waals surface area contributed by atoms with Gasteiger partial charge in [-0.3, -0.25) is 9.59 Å². The van der Waals surface area contributed by atoms with Crippen LogP contribution in [0.25, 0.3) is 0 Å². The van der Waals surface area contributed by atoms with Gasteiger partial charge in [0.15, 0.2) is 0 Å². The van der Waals surface area contributed by atoms with Gasteiger partial charge in [-0.25, -0.2) is 0 Å². The summed E-state index contributed by atoms with van der Waals surface area (Å²) < 4.78 is 0. The number of thioether (sulfide) groups is 1. The molecule has 1 aromatic rings. The third kappa shape index (κ3) is 2.97. The van der Waals surface area contributed by atoms with Crippen molar-refractivity contribution < 1.29 is 14.7 Å². The highest BCUT2D eigenvalue weighted by Crippen LogP contribution is 2.44. The van der Waals surface area contributed by atoms with Crippen molar-refractivity contribution in [3.05, 3.63) is 28.8 Å². The molecule has 2 atom stereocenters. The minimum atomic E-state index is -0.795. The molecule has 0 unspecified atom stereocenters. The summed E-state index contributed by atoms with van der Waals surface area (Å²) in [6.45, 7) is 0.815.